The van der Waals surface area contributed by atoms with Crippen LogP contribution >= 0.6 is 11.6 Å². The largest absolute Gasteiger partial charge is 0.495 e. The van der Waals surface area contributed by atoms with Gasteiger partial charge in [0.25, 0.3) is 10.0 Å². The minimum Gasteiger partial charge on any atom is -0.495 e. The quantitative estimate of drug-likeness (QED) is 0.432. The summed E-state index contributed by atoms with van der Waals surface area (Å²) in [6.45, 7) is 5.37. The predicted octanol–water partition coefficient (Wildman–Crippen LogP) is 4.65. The van der Waals surface area contributed by atoms with E-state index in [9.17, 15) is 17.6 Å². The van der Waals surface area contributed by atoms with Crippen LogP contribution in [-0.2, 0) is 14.8 Å². The summed E-state index contributed by atoms with van der Waals surface area (Å²) in [6, 6.07) is 15.6. The number of hydrogen-bond donors (Lipinski definition) is 0. The van der Waals surface area contributed by atoms with Gasteiger partial charge in [0, 0.05) is 36.9 Å². The number of hydrogen-bond acceptors (Lipinski definition) is 5. The Hall–Kier alpha value is -3.30. The Labute approximate surface area is 222 Å². The molecule has 0 aromatic heterocycles. The molecule has 10 heteroatoms. The Morgan fingerprint density at radius 1 is 1.00 bits per heavy atom. The van der Waals surface area contributed by atoms with Gasteiger partial charge in [0.15, 0.2) is 0 Å². The Kier molecular flexibility index (Phi) is 7.94. The SMILES string of the molecule is COc1ccc(C)cc1S(=O)(=O)N(CC(=O)N1CCN(c2cc(Cl)ccc2C)CC1)c1ccc(F)cc1. The zero-order chi connectivity index (χ0) is 26.7. The van der Waals surface area contributed by atoms with Crippen molar-refractivity contribution in [2.24, 2.45) is 0 Å². The highest BCUT2D eigenvalue weighted by Gasteiger charge is 2.32. The standard InChI is InChI=1S/C27H29ClFN3O4S/c1-19-4-11-25(36-3)26(16-19)37(34,35)32(23-9-7-22(29)8-10-23)18-27(33)31-14-12-30(13-15-31)24-17-21(28)6-5-20(24)2/h4-11,16-17H,12-15,18H2,1-3H3. The first-order valence-corrected chi connectivity index (χ1v) is 13.6. The number of aryl methyl sites for hydroxylation is 2. The van der Waals surface area contributed by atoms with E-state index in [1.54, 1.807) is 24.0 Å². The van der Waals surface area contributed by atoms with E-state index >= 15 is 0 Å². The van der Waals surface area contributed by atoms with Crippen LogP contribution in [0.5, 0.6) is 5.75 Å². The van der Waals surface area contributed by atoms with E-state index in [0.29, 0.717) is 31.2 Å². The average molecular weight is 546 g/mol. The number of carbonyl (C=O) groups excluding carboxylic acids is 1. The van der Waals surface area contributed by atoms with Gasteiger partial charge >= 0.3 is 0 Å². The van der Waals surface area contributed by atoms with Gasteiger partial charge in [-0.2, -0.15) is 0 Å². The van der Waals surface area contributed by atoms with Crippen molar-refractivity contribution in [2.45, 2.75) is 18.7 Å². The number of ether oxygens (including phenoxy) is 1. The van der Waals surface area contributed by atoms with E-state index in [1.807, 2.05) is 25.1 Å². The van der Waals surface area contributed by atoms with Gasteiger partial charge in [-0.05, 0) is 73.5 Å². The van der Waals surface area contributed by atoms with Crippen molar-refractivity contribution in [3.8, 4) is 5.75 Å². The molecule has 0 radical (unpaired) electrons. The number of rotatable bonds is 7. The van der Waals surface area contributed by atoms with E-state index in [1.165, 1.54) is 37.4 Å². The molecule has 37 heavy (non-hydrogen) atoms. The van der Waals surface area contributed by atoms with Gasteiger partial charge < -0.3 is 14.5 Å². The molecule has 0 bridgehead atoms. The third-order valence-corrected chi connectivity index (χ3v) is 8.46. The molecule has 1 amide bonds. The van der Waals surface area contributed by atoms with Crippen LogP contribution in [0.25, 0.3) is 0 Å². The number of carbonyl (C=O) groups is 1. The fourth-order valence-corrected chi connectivity index (χ4v) is 6.19. The predicted molar refractivity (Wildman–Crippen MR) is 144 cm³/mol. The third kappa shape index (κ3) is 5.83. The number of sulfonamides is 1. The lowest BCUT2D eigenvalue weighted by molar-refractivity contribution is -0.129. The van der Waals surface area contributed by atoms with E-state index in [-0.39, 0.29) is 22.2 Å². The van der Waals surface area contributed by atoms with Crippen molar-refractivity contribution in [1.29, 1.82) is 0 Å². The summed E-state index contributed by atoms with van der Waals surface area (Å²) in [5.41, 5.74) is 3.01. The Balaban J connectivity index is 1.58. The molecule has 1 heterocycles. The highest BCUT2D eigenvalue weighted by molar-refractivity contribution is 7.93. The van der Waals surface area contributed by atoms with E-state index in [0.717, 1.165) is 21.1 Å². The van der Waals surface area contributed by atoms with Crippen LogP contribution in [0.1, 0.15) is 11.1 Å². The lowest BCUT2D eigenvalue weighted by Crippen LogP contribution is -2.52. The second-order valence-corrected chi connectivity index (χ2v) is 11.2. The van der Waals surface area contributed by atoms with Crippen LogP contribution in [0.4, 0.5) is 15.8 Å². The summed E-state index contributed by atoms with van der Waals surface area (Å²) in [5.74, 6) is -0.689. The lowest BCUT2D eigenvalue weighted by atomic mass is 10.1. The minimum atomic E-state index is -4.22. The molecule has 1 fully saturated rings. The summed E-state index contributed by atoms with van der Waals surface area (Å²) < 4.78 is 47.6. The van der Waals surface area contributed by atoms with Crippen molar-refractivity contribution in [1.82, 2.24) is 4.90 Å². The average Bonchev–Trinajstić information content (AvgIpc) is 2.89. The van der Waals surface area contributed by atoms with Gasteiger partial charge in [-0.25, -0.2) is 12.8 Å². The Morgan fingerprint density at radius 2 is 1.68 bits per heavy atom. The molecule has 7 nitrogen and oxygen atoms in total. The molecule has 0 N–H and O–H groups in total. The van der Waals surface area contributed by atoms with Crippen LogP contribution in [0.15, 0.2) is 65.6 Å². The first kappa shape index (κ1) is 26.8. The first-order chi connectivity index (χ1) is 17.6. The molecule has 196 valence electrons. The third-order valence-electron chi connectivity index (χ3n) is 6.42. The Bertz CT molecular complexity index is 1390. The first-order valence-electron chi connectivity index (χ1n) is 11.8. The smallest absolute Gasteiger partial charge is 0.268 e. The van der Waals surface area contributed by atoms with Gasteiger partial charge in [-0.1, -0.05) is 23.7 Å². The Morgan fingerprint density at radius 3 is 2.32 bits per heavy atom. The maximum Gasteiger partial charge on any atom is 0.268 e. The highest BCUT2D eigenvalue weighted by atomic mass is 35.5. The van der Waals surface area contributed by atoms with E-state index < -0.39 is 22.4 Å². The molecular weight excluding hydrogens is 517 g/mol. The van der Waals surface area contributed by atoms with Crippen molar-refractivity contribution >= 4 is 38.9 Å². The van der Waals surface area contributed by atoms with Crippen molar-refractivity contribution < 1.29 is 22.3 Å². The number of amides is 1. The number of nitrogens with zero attached hydrogens (tertiary/aromatic N) is 3. The minimum absolute atomic E-state index is 0.0617. The van der Waals surface area contributed by atoms with Crippen LogP contribution in [0, 0.1) is 19.7 Å². The fraction of sp³-hybridized carbons (Fsp3) is 0.296. The normalized spacial score (nSPS) is 14.0. The molecule has 1 aliphatic heterocycles. The molecule has 3 aromatic rings. The molecule has 0 spiro atoms. The summed E-state index contributed by atoms with van der Waals surface area (Å²) in [7, 11) is -2.83. The number of halogens is 2. The summed E-state index contributed by atoms with van der Waals surface area (Å²) in [4.78, 5) is 17.1. The maximum atomic E-state index is 13.8. The van der Waals surface area contributed by atoms with E-state index in [4.69, 9.17) is 16.3 Å². The molecule has 3 aromatic carbocycles. The number of piperazine rings is 1. The fourth-order valence-electron chi connectivity index (χ4n) is 4.37. The molecule has 1 aliphatic rings. The number of anilines is 2. The summed E-state index contributed by atoms with van der Waals surface area (Å²) >= 11 is 6.18. The highest BCUT2D eigenvalue weighted by Crippen LogP contribution is 2.31. The van der Waals surface area contributed by atoms with Crippen LogP contribution < -0.4 is 13.9 Å². The van der Waals surface area contributed by atoms with Crippen LogP contribution in [0.3, 0.4) is 0 Å². The zero-order valence-corrected chi connectivity index (χ0v) is 22.5. The second kappa shape index (κ2) is 11.0. The van der Waals surface area contributed by atoms with Crippen molar-refractivity contribution in [3.63, 3.8) is 0 Å². The van der Waals surface area contributed by atoms with Gasteiger partial charge in [-0.15, -0.1) is 0 Å². The monoisotopic (exact) mass is 545 g/mol. The topological polar surface area (TPSA) is 70.2 Å². The zero-order valence-electron chi connectivity index (χ0n) is 20.9. The molecule has 0 unspecified atom stereocenters. The van der Waals surface area contributed by atoms with Gasteiger partial charge in [-0.3, -0.25) is 9.10 Å². The van der Waals surface area contributed by atoms with Gasteiger partial charge in [0.2, 0.25) is 5.91 Å². The van der Waals surface area contributed by atoms with Gasteiger partial charge in [0.1, 0.15) is 23.0 Å². The molecule has 4 rings (SSSR count). The second-order valence-electron chi connectivity index (χ2n) is 8.94. The maximum absolute atomic E-state index is 13.8. The summed E-state index contributed by atoms with van der Waals surface area (Å²) in [5, 5.41) is 0.644. The molecule has 0 aliphatic carbocycles. The van der Waals surface area contributed by atoms with Gasteiger partial charge in [0.05, 0.1) is 12.8 Å². The number of methoxy groups -OCH3 is 1. The molecular formula is C27H29ClFN3O4S. The van der Waals surface area contributed by atoms with Crippen molar-refractivity contribution in [2.75, 3.05) is 49.0 Å². The van der Waals surface area contributed by atoms with E-state index in [2.05, 4.69) is 4.90 Å². The molecule has 0 saturated carbocycles. The molecule has 0 atom stereocenters. The number of benzene rings is 3. The lowest BCUT2D eigenvalue weighted by Gasteiger charge is -2.37. The van der Waals surface area contributed by atoms with Crippen molar-refractivity contribution in [3.05, 3.63) is 82.6 Å². The van der Waals surface area contributed by atoms with Crippen LogP contribution in [-0.4, -0.2) is 59.1 Å². The van der Waals surface area contributed by atoms with Crippen LogP contribution in [0.2, 0.25) is 5.02 Å². The summed E-state index contributed by atoms with van der Waals surface area (Å²) in [6.07, 6.45) is 0. The molecule has 1 saturated heterocycles.